The van der Waals surface area contributed by atoms with Crippen LogP contribution in [0.3, 0.4) is 0 Å². The first kappa shape index (κ1) is 11.3. The van der Waals surface area contributed by atoms with Gasteiger partial charge in [-0.15, -0.1) is 0 Å². The Hall–Kier alpha value is -0.730. The minimum absolute atomic E-state index is 0.177. The highest BCUT2D eigenvalue weighted by Gasteiger charge is 2.41. The van der Waals surface area contributed by atoms with E-state index in [2.05, 4.69) is 13.8 Å². The van der Waals surface area contributed by atoms with Crippen LogP contribution in [-0.4, -0.2) is 29.7 Å². The van der Waals surface area contributed by atoms with Crippen molar-refractivity contribution in [1.29, 1.82) is 0 Å². The monoisotopic (exact) mass is 199 g/mol. The summed E-state index contributed by atoms with van der Waals surface area (Å²) in [5.41, 5.74) is -0.0633. The van der Waals surface area contributed by atoms with E-state index in [9.17, 15) is 4.79 Å². The molecule has 14 heavy (non-hydrogen) atoms. The molecular formula is C11H21NO2. The van der Waals surface area contributed by atoms with Crippen LogP contribution < -0.4 is 0 Å². The third-order valence-electron chi connectivity index (χ3n) is 2.65. The molecule has 1 aliphatic rings. The van der Waals surface area contributed by atoms with E-state index in [4.69, 9.17) is 4.74 Å². The van der Waals surface area contributed by atoms with Crippen molar-refractivity contribution in [3.63, 3.8) is 0 Å². The topological polar surface area (TPSA) is 29.5 Å². The highest BCUT2D eigenvalue weighted by Crippen LogP contribution is 2.33. The van der Waals surface area contributed by atoms with Crippen molar-refractivity contribution in [2.24, 2.45) is 5.41 Å². The summed E-state index contributed by atoms with van der Waals surface area (Å²) in [5, 5.41) is 0. The molecule has 1 fully saturated rings. The summed E-state index contributed by atoms with van der Waals surface area (Å²) in [5.74, 6) is 0. The molecule has 0 aromatic rings. The summed E-state index contributed by atoms with van der Waals surface area (Å²) in [6.45, 7) is 11.7. The second-order valence-electron chi connectivity index (χ2n) is 5.50. The highest BCUT2D eigenvalue weighted by atomic mass is 16.6. The fraction of sp³-hybridized carbons (Fsp3) is 0.909. The number of rotatable bonds is 1. The lowest BCUT2D eigenvalue weighted by Gasteiger charge is -2.47. The normalized spacial score (nSPS) is 20.2. The molecule has 3 nitrogen and oxygen atoms in total. The molecule has 3 heteroatoms. The van der Waals surface area contributed by atoms with Crippen LogP contribution in [-0.2, 0) is 4.74 Å². The van der Waals surface area contributed by atoms with Gasteiger partial charge in [-0.05, 0) is 27.2 Å². The van der Waals surface area contributed by atoms with Gasteiger partial charge >= 0.3 is 6.09 Å². The first-order chi connectivity index (χ1) is 6.26. The molecule has 0 saturated carbocycles. The summed E-state index contributed by atoms with van der Waals surface area (Å²) >= 11 is 0. The van der Waals surface area contributed by atoms with E-state index >= 15 is 0 Å². The smallest absolute Gasteiger partial charge is 0.410 e. The Morgan fingerprint density at radius 1 is 1.43 bits per heavy atom. The van der Waals surface area contributed by atoms with E-state index < -0.39 is 0 Å². The molecule has 1 rings (SSSR count). The van der Waals surface area contributed by atoms with Crippen molar-refractivity contribution in [1.82, 2.24) is 4.90 Å². The summed E-state index contributed by atoms with van der Waals surface area (Å²) < 4.78 is 5.27. The van der Waals surface area contributed by atoms with Crippen LogP contribution in [0.4, 0.5) is 4.79 Å². The molecule has 0 bridgehead atoms. The average molecular weight is 199 g/mol. The lowest BCUT2D eigenvalue weighted by atomic mass is 9.80. The van der Waals surface area contributed by atoms with Crippen molar-refractivity contribution in [2.75, 3.05) is 13.1 Å². The van der Waals surface area contributed by atoms with E-state index in [0.29, 0.717) is 5.41 Å². The number of hydrogen-bond acceptors (Lipinski definition) is 2. The number of carbonyl (C=O) groups excluding carboxylic acids is 1. The van der Waals surface area contributed by atoms with Gasteiger partial charge in [-0.2, -0.15) is 0 Å². The van der Waals surface area contributed by atoms with E-state index in [-0.39, 0.29) is 11.7 Å². The quantitative estimate of drug-likeness (QED) is 0.649. The Morgan fingerprint density at radius 3 is 2.29 bits per heavy atom. The van der Waals surface area contributed by atoms with Gasteiger partial charge in [0.1, 0.15) is 5.60 Å². The van der Waals surface area contributed by atoms with Crippen LogP contribution in [0.1, 0.15) is 41.0 Å². The molecule has 1 saturated heterocycles. The third-order valence-corrected chi connectivity index (χ3v) is 2.65. The fourth-order valence-corrected chi connectivity index (χ4v) is 1.55. The van der Waals surface area contributed by atoms with E-state index in [1.807, 2.05) is 20.8 Å². The van der Waals surface area contributed by atoms with Crippen LogP contribution >= 0.6 is 0 Å². The Labute approximate surface area is 86.4 Å². The van der Waals surface area contributed by atoms with Crippen molar-refractivity contribution < 1.29 is 9.53 Å². The van der Waals surface area contributed by atoms with Gasteiger partial charge in [0, 0.05) is 18.5 Å². The van der Waals surface area contributed by atoms with E-state index in [0.717, 1.165) is 19.5 Å². The van der Waals surface area contributed by atoms with Crippen LogP contribution in [0, 0.1) is 5.41 Å². The number of carbonyl (C=O) groups is 1. The van der Waals surface area contributed by atoms with Crippen molar-refractivity contribution >= 4 is 6.09 Å². The van der Waals surface area contributed by atoms with E-state index in [1.54, 1.807) is 4.90 Å². The van der Waals surface area contributed by atoms with Gasteiger partial charge in [-0.1, -0.05) is 13.8 Å². The zero-order valence-corrected chi connectivity index (χ0v) is 9.89. The maximum atomic E-state index is 11.5. The summed E-state index contributed by atoms with van der Waals surface area (Å²) in [6.07, 6.45) is 0.940. The molecule has 82 valence electrons. The number of ether oxygens (including phenoxy) is 1. The molecule has 0 aliphatic carbocycles. The van der Waals surface area contributed by atoms with Gasteiger partial charge in [-0.3, -0.25) is 0 Å². The first-order valence-corrected chi connectivity index (χ1v) is 5.24. The average Bonchev–Trinajstić information content (AvgIpc) is 1.95. The second-order valence-corrected chi connectivity index (χ2v) is 5.50. The third kappa shape index (κ3) is 2.63. The van der Waals surface area contributed by atoms with Crippen LogP contribution in [0.25, 0.3) is 0 Å². The Balaban J connectivity index is 2.37. The molecule has 0 aromatic heterocycles. The molecule has 0 spiro atoms. The molecule has 1 heterocycles. The number of nitrogens with zero attached hydrogens (tertiary/aromatic N) is 1. The Morgan fingerprint density at radius 2 is 1.93 bits per heavy atom. The minimum atomic E-state index is -0.380. The van der Waals surface area contributed by atoms with Crippen molar-refractivity contribution in [3.05, 3.63) is 0 Å². The number of likely N-dealkylation sites (tertiary alicyclic amines) is 1. The SMILES string of the molecule is CCC1(C)CN(C(=O)OC(C)(C)C)C1. The molecule has 0 aromatic carbocycles. The maximum absolute atomic E-state index is 11.5. The maximum Gasteiger partial charge on any atom is 0.410 e. The van der Waals surface area contributed by atoms with Crippen LogP contribution in [0.5, 0.6) is 0 Å². The number of amides is 1. The largest absolute Gasteiger partial charge is 0.444 e. The summed E-state index contributed by atoms with van der Waals surface area (Å²) in [4.78, 5) is 13.3. The molecule has 0 atom stereocenters. The van der Waals surface area contributed by atoms with Gasteiger partial charge in [0.25, 0.3) is 0 Å². The minimum Gasteiger partial charge on any atom is -0.444 e. The van der Waals surface area contributed by atoms with Gasteiger partial charge < -0.3 is 9.64 Å². The Kier molecular flexibility index (Phi) is 2.79. The van der Waals surface area contributed by atoms with Gasteiger partial charge in [-0.25, -0.2) is 4.79 Å². The molecule has 1 amide bonds. The zero-order valence-electron chi connectivity index (χ0n) is 9.89. The predicted octanol–water partition coefficient (Wildman–Crippen LogP) is 2.65. The zero-order chi connectivity index (χ0) is 11.0. The lowest BCUT2D eigenvalue weighted by Crippen LogP contribution is -2.57. The van der Waals surface area contributed by atoms with Gasteiger partial charge in [0.05, 0.1) is 0 Å². The predicted molar refractivity (Wildman–Crippen MR) is 56.2 cm³/mol. The second kappa shape index (κ2) is 3.44. The van der Waals surface area contributed by atoms with Crippen LogP contribution in [0.2, 0.25) is 0 Å². The number of hydrogen-bond donors (Lipinski definition) is 0. The summed E-state index contributed by atoms with van der Waals surface area (Å²) in [6, 6.07) is 0. The lowest BCUT2D eigenvalue weighted by molar-refractivity contribution is -0.0289. The standard InChI is InChI=1S/C11H21NO2/c1-6-11(5)7-12(8-11)9(13)14-10(2,3)4/h6-8H2,1-5H3. The fourth-order valence-electron chi connectivity index (χ4n) is 1.55. The van der Waals surface area contributed by atoms with Crippen molar-refractivity contribution in [3.8, 4) is 0 Å². The van der Waals surface area contributed by atoms with Crippen LogP contribution in [0.15, 0.2) is 0 Å². The van der Waals surface area contributed by atoms with Gasteiger partial charge in [0.15, 0.2) is 0 Å². The molecular weight excluding hydrogens is 178 g/mol. The summed E-state index contributed by atoms with van der Waals surface area (Å²) in [7, 11) is 0. The van der Waals surface area contributed by atoms with E-state index in [1.165, 1.54) is 0 Å². The first-order valence-electron chi connectivity index (χ1n) is 5.24. The molecule has 1 aliphatic heterocycles. The van der Waals surface area contributed by atoms with Gasteiger partial charge in [0.2, 0.25) is 0 Å². The van der Waals surface area contributed by atoms with Crippen molar-refractivity contribution in [2.45, 2.75) is 46.6 Å². The molecule has 0 radical (unpaired) electrons. The molecule has 0 unspecified atom stereocenters. The highest BCUT2D eigenvalue weighted by molar-refractivity contribution is 5.69. The Bertz CT molecular complexity index is 224. The molecule has 0 N–H and O–H groups in total.